The van der Waals surface area contributed by atoms with Crippen LogP contribution in [0.5, 0.6) is 0 Å². The lowest BCUT2D eigenvalue weighted by Gasteiger charge is -2.00. The fourth-order valence-electron chi connectivity index (χ4n) is 1.33. The summed E-state index contributed by atoms with van der Waals surface area (Å²) in [7, 11) is 0. The van der Waals surface area contributed by atoms with Gasteiger partial charge in [0.1, 0.15) is 5.82 Å². The van der Waals surface area contributed by atoms with Gasteiger partial charge in [-0.25, -0.2) is 9.78 Å². The zero-order valence-electron chi connectivity index (χ0n) is 10.3. The molecule has 0 spiro atoms. The summed E-state index contributed by atoms with van der Waals surface area (Å²) in [6.45, 7) is 2.32. The lowest BCUT2D eigenvalue weighted by atomic mass is 10.4. The molecule has 7 nitrogen and oxygen atoms in total. The van der Waals surface area contributed by atoms with Gasteiger partial charge in [-0.05, 0) is 6.92 Å². The summed E-state index contributed by atoms with van der Waals surface area (Å²) in [6.07, 6.45) is -1.49. The molecule has 0 aliphatic rings. The molecule has 0 saturated carbocycles. The second kappa shape index (κ2) is 5.74. The Kier molecular flexibility index (Phi) is 4.50. The quantitative estimate of drug-likeness (QED) is 0.712. The first-order valence-corrected chi connectivity index (χ1v) is 5.26. The number of aliphatic carboxylic acids is 1. The number of hydrogen-bond acceptors (Lipinski definition) is 5. The number of nitrogen functional groups attached to an aromatic ring is 1. The third-order valence-electron chi connectivity index (χ3n) is 2.13. The first kappa shape index (κ1) is 15.7. The van der Waals surface area contributed by atoms with Gasteiger partial charge in [0.2, 0.25) is 0 Å². The Morgan fingerprint density at radius 3 is 2.40 bits per heavy atom. The fourth-order valence-corrected chi connectivity index (χ4v) is 1.33. The number of carboxylic acids is 1. The maximum absolute atomic E-state index is 10.6. The summed E-state index contributed by atoms with van der Waals surface area (Å²) in [5, 5.41) is 7.12. The predicted octanol–water partition coefficient (Wildman–Crippen LogP) is 0.712. The zero-order valence-corrected chi connectivity index (χ0v) is 10.3. The van der Waals surface area contributed by atoms with E-state index in [2.05, 4.69) is 9.97 Å². The molecule has 0 amide bonds. The molecular formula is C10H12F3N5O2. The smallest absolute Gasteiger partial charge is 0.475 e. The molecule has 0 atom stereocenters. The normalized spacial score (nSPS) is 11.1. The number of carbonyl (C=O) groups is 1. The van der Waals surface area contributed by atoms with E-state index >= 15 is 0 Å². The Bertz CT molecular complexity index is 623. The highest BCUT2D eigenvalue weighted by molar-refractivity contribution is 5.73. The van der Waals surface area contributed by atoms with Gasteiger partial charge in [-0.2, -0.15) is 13.2 Å². The van der Waals surface area contributed by atoms with Gasteiger partial charge in [0, 0.05) is 12.7 Å². The summed E-state index contributed by atoms with van der Waals surface area (Å²) < 4.78 is 33.6. The number of carboxylic acid groups (broad SMARTS) is 1. The van der Waals surface area contributed by atoms with Gasteiger partial charge in [-0.15, -0.1) is 0 Å². The Labute approximate surface area is 111 Å². The lowest BCUT2D eigenvalue weighted by molar-refractivity contribution is -0.192. The monoisotopic (exact) mass is 291 g/mol. The molecule has 0 aliphatic carbocycles. The number of imidazole rings is 1. The van der Waals surface area contributed by atoms with Gasteiger partial charge in [0.05, 0.1) is 17.6 Å². The van der Waals surface area contributed by atoms with Crippen LogP contribution in [0.2, 0.25) is 0 Å². The number of fused-ring (bicyclic) bond motifs is 1. The Balaban J connectivity index is 0.000000246. The van der Waals surface area contributed by atoms with E-state index < -0.39 is 12.1 Å². The number of nitrogens with two attached hydrogens (primary N) is 2. The molecule has 2 aromatic rings. The van der Waals surface area contributed by atoms with Crippen LogP contribution in [0, 0.1) is 6.92 Å². The van der Waals surface area contributed by atoms with Crippen LogP contribution < -0.4 is 11.5 Å². The van der Waals surface area contributed by atoms with Crippen molar-refractivity contribution in [2.24, 2.45) is 5.73 Å². The van der Waals surface area contributed by atoms with Crippen LogP contribution in [0.3, 0.4) is 0 Å². The molecule has 2 aromatic heterocycles. The SMILES string of the molecule is Cc1nc(CN)cn2cc(N)nc12.O=C(O)C(F)(F)F. The molecule has 0 aromatic carbocycles. The van der Waals surface area contributed by atoms with Crippen molar-refractivity contribution in [1.29, 1.82) is 0 Å². The number of aromatic nitrogens is 3. The van der Waals surface area contributed by atoms with Crippen LogP contribution in [0.15, 0.2) is 12.4 Å². The molecule has 20 heavy (non-hydrogen) atoms. The van der Waals surface area contributed by atoms with Crippen LogP contribution >= 0.6 is 0 Å². The minimum Gasteiger partial charge on any atom is -0.475 e. The summed E-state index contributed by atoms with van der Waals surface area (Å²) in [4.78, 5) is 17.3. The average molecular weight is 291 g/mol. The molecule has 0 aliphatic heterocycles. The van der Waals surface area contributed by atoms with Crippen LogP contribution in [-0.2, 0) is 11.3 Å². The molecule has 2 rings (SSSR count). The van der Waals surface area contributed by atoms with Gasteiger partial charge in [0.15, 0.2) is 5.65 Å². The number of halogens is 3. The first-order valence-electron chi connectivity index (χ1n) is 5.26. The minimum atomic E-state index is -5.08. The van der Waals surface area contributed by atoms with Crippen LogP contribution in [0.1, 0.15) is 11.4 Å². The van der Waals surface area contributed by atoms with Gasteiger partial charge >= 0.3 is 12.1 Å². The maximum Gasteiger partial charge on any atom is 0.490 e. The summed E-state index contributed by atoms with van der Waals surface area (Å²) >= 11 is 0. The van der Waals surface area contributed by atoms with Gasteiger partial charge in [0.25, 0.3) is 0 Å². The van der Waals surface area contributed by atoms with Crippen molar-refractivity contribution in [2.45, 2.75) is 19.6 Å². The number of anilines is 1. The van der Waals surface area contributed by atoms with Gasteiger partial charge in [-0.3, -0.25) is 4.98 Å². The van der Waals surface area contributed by atoms with Crippen LogP contribution in [0.4, 0.5) is 19.0 Å². The van der Waals surface area contributed by atoms with Gasteiger partial charge in [-0.1, -0.05) is 0 Å². The third kappa shape index (κ3) is 3.82. The van der Waals surface area contributed by atoms with E-state index in [0.29, 0.717) is 12.4 Å². The molecule has 2 heterocycles. The first-order chi connectivity index (χ1) is 9.15. The highest BCUT2D eigenvalue weighted by atomic mass is 19.4. The Hall–Kier alpha value is -2.36. The van der Waals surface area contributed by atoms with Crippen LogP contribution in [0.25, 0.3) is 5.65 Å². The molecule has 0 unspecified atom stereocenters. The van der Waals surface area contributed by atoms with Crippen molar-refractivity contribution < 1.29 is 23.1 Å². The van der Waals surface area contributed by atoms with Crippen molar-refractivity contribution in [1.82, 2.24) is 14.4 Å². The molecule has 110 valence electrons. The van der Waals surface area contributed by atoms with E-state index in [4.69, 9.17) is 21.4 Å². The summed E-state index contributed by atoms with van der Waals surface area (Å²) in [5.74, 6) is -2.26. The topological polar surface area (TPSA) is 120 Å². The maximum atomic E-state index is 10.6. The molecule has 0 radical (unpaired) electrons. The molecule has 5 N–H and O–H groups in total. The van der Waals surface area contributed by atoms with Gasteiger partial charge < -0.3 is 21.0 Å². The fraction of sp³-hybridized carbons (Fsp3) is 0.300. The van der Waals surface area contributed by atoms with E-state index in [-0.39, 0.29) is 0 Å². The number of hydrogen-bond donors (Lipinski definition) is 3. The molecular weight excluding hydrogens is 279 g/mol. The second-order valence-electron chi connectivity index (χ2n) is 3.72. The van der Waals surface area contributed by atoms with Crippen molar-refractivity contribution in [3.63, 3.8) is 0 Å². The number of nitrogens with zero attached hydrogens (tertiary/aromatic N) is 3. The second-order valence-corrected chi connectivity index (χ2v) is 3.72. The van der Waals surface area contributed by atoms with Crippen molar-refractivity contribution in [2.75, 3.05) is 5.73 Å². The van der Waals surface area contributed by atoms with E-state index in [0.717, 1.165) is 17.0 Å². The van der Waals surface area contributed by atoms with Crippen LogP contribution in [-0.4, -0.2) is 31.6 Å². The predicted molar refractivity (Wildman–Crippen MR) is 63.7 cm³/mol. The highest BCUT2D eigenvalue weighted by Crippen LogP contribution is 2.13. The molecule has 0 fully saturated rings. The van der Waals surface area contributed by atoms with Crippen molar-refractivity contribution in [3.8, 4) is 0 Å². The van der Waals surface area contributed by atoms with Crippen molar-refractivity contribution in [3.05, 3.63) is 23.8 Å². The molecule has 0 bridgehead atoms. The minimum absolute atomic E-state index is 0.425. The number of alkyl halides is 3. The highest BCUT2D eigenvalue weighted by Gasteiger charge is 2.38. The van der Waals surface area contributed by atoms with E-state index in [1.165, 1.54) is 0 Å². The Morgan fingerprint density at radius 1 is 1.40 bits per heavy atom. The molecule has 10 heteroatoms. The standard InChI is InChI=1S/C8H11N5.C2HF3O2/c1-5-8-12-7(10)4-13(8)3-6(2-9)11-5;3-2(4,5)1(6)7/h3-4H,2,9-10H2,1H3;(H,6,7). The summed E-state index contributed by atoms with van der Waals surface area (Å²) in [5.41, 5.74) is 13.5. The molecule has 0 saturated heterocycles. The largest absolute Gasteiger partial charge is 0.490 e. The van der Waals surface area contributed by atoms with E-state index in [1.54, 1.807) is 6.20 Å². The zero-order chi connectivity index (χ0) is 15.5. The van der Waals surface area contributed by atoms with E-state index in [9.17, 15) is 13.2 Å². The lowest BCUT2D eigenvalue weighted by Crippen LogP contribution is -2.21. The van der Waals surface area contributed by atoms with Crippen molar-refractivity contribution >= 4 is 17.4 Å². The Morgan fingerprint density at radius 2 is 1.95 bits per heavy atom. The number of rotatable bonds is 1. The summed E-state index contributed by atoms with van der Waals surface area (Å²) in [6, 6.07) is 0. The third-order valence-corrected chi connectivity index (χ3v) is 2.13. The van der Waals surface area contributed by atoms with E-state index in [1.807, 2.05) is 17.5 Å². The number of aryl methyl sites for hydroxylation is 1. The average Bonchev–Trinajstić information content (AvgIpc) is 2.69.